The van der Waals surface area contributed by atoms with Crippen LogP contribution in [0.4, 0.5) is 0 Å². The first-order chi connectivity index (χ1) is 13.4. The van der Waals surface area contributed by atoms with Crippen molar-refractivity contribution in [3.05, 3.63) is 72.0 Å². The van der Waals surface area contributed by atoms with E-state index >= 15 is 0 Å². The second-order valence-corrected chi connectivity index (χ2v) is 7.70. The lowest BCUT2D eigenvalue weighted by Gasteiger charge is -2.13. The van der Waals surface area contributed by atoms with Crippen LogP contribution in [-0.2, 0) is 25.0 Å². The summed E-state index contributed by atoms with van der Waals surface area (Å²) < 4.78 is 7.85. The van der Waals surface area contributed by atoms with Gasteiger partial charge in [0.1, 0.15) is 5.76 Å². The van der Waals surface area contributed by atoms with Crippen molar-refractivity contribution in [2.75, 3.05) is 7.05 Å². The van der Waals surface area contributed by atoms with Gasteiger partial charge in [0.2, 0.25) is 5.89 Å². The molecule has 0 aliphatic heterocycles. The van der Waals surface area contributed by atoms with Crippen LogP contribution in [0.5, 0.6) is 0 Å². The van der Waals surface area contributed by atoms with Crippen LogP contribution in [0, 0.1) is 0 Å². The first-order valence-electron chi connectivity index (χ1n) is 9.37. The number of oxazole rings is 1. The number of nitrogens with one attached hydrogen (secondary N) is 2. The quantitative estimate of drug-likeness (QED) is 0.507. The molecule has 7 heteroatoms. The summed E-state index contributed by atoms with van der Waals surface area (Å²) in [7, 11) is 1.75. The molecule has 0 fully saturated rings. The molecule has 28 heavy (non-hydrogen) atoms. The Morgan fingerprint density at radius 3 is 2.43 bits per heavy atom. The largest absolute Gasteiger partial charge is 0.443 e. The van der Waals surface area contributed by atoms with Gasteiger partial charge in [-0.3, -0.25) is 4.99 Å². The highest BCUT2D eigenvalue weighted by Crippen LogP contribution is 2.22. The first kappa shape index (κ1) is 19.7. The number of rotatable bonds is 6. The number of aromatic nitrogens is 3. The van der Waals surface area contributed by atoms with Crippen molar-refractivity contribution >= 4 is 5.96 Å². The third-order valence-electron chi connectivity index (χ3n) is 4.33. The molecule has 0 atom stereocenters. The van der Waals surface area contributed by atoms with Gasteiger partial charge in [-0.25, -0.2) is 9.97 Å². The van der Waals surface area contributed by atoms with E-state index in [1.807, 2.05) is 17.1 Å². The fourth-order valence-corrected chi connectivity index (χ4v) is 2.66. The van der Waals surface area contributed by atoms with E-state index in [0.29, 0.717) is 24.9 Å². The average Bonchev–Trinajstić information content (AvgIpc) is 3.35. The molecule has 0 aliphatic carbocycles. The number of hydrogen-bond donors (Lipinski definition) is 2. The molecule has 0 aliphatic rings. The molecule has 0 saturated heterocycles. The van der Waals surface area contributed by atoms with Gasteiger partial charge in [-0.2, -0.15) is 0 Å². The summed E-state index contributed by atoms with van der Waals surface area (Å²) in [5.41, 5.74) is 2.38. The van der Waals surface area contributed by atoms with Crippen molar-refractivity contribution in [2.45, 2.75) is 45.8 Å². The zero-order valence-corrected chi connectivity index (χ0v) is 16.9. The van der Waals surface area contributed by atoms with Crippen LogP contribution in [0.25, 0.3) is 0 Å². The van der Waals surface area contributed by atoms with Gasteiger partial charge in [-0.05, 0) is 11.1 Å². The molecule has 0 bridgehead atoms. The molecular weight excluding hydrogens is 352 g/mol. The summed E-state index contributed by atoms with van der Waals surface area (Å²) in [6, 6.07) is 8.51. The van der Waals surface area contributed by atoms with Crippen molar-refractivity contribution < 1.29 is 4.42 Å². The SMILES string of the molecule is CN=C(NCc1ccc(Cn2ccnc2)cc1)NCc1ncc(C(C)(C)C)o1. The molecular formula is C21H28N6O. The summed E-state index contributed by atoms with van der Waals surface area (Å²) in [4.78, 5) is 12.7. The first-order valence-corrected chi connectivity index (χ1v) is 9.37. The standard InChI is InChI=1S/C21H28N6O/c1-21(2,3)18-12-24-19(28-18)13-26-20(22-4)25-11-16-5-7-17(8-6-16)14-27-10-9-23-15-27/h5-10,12,15H,11,13-14H2,1-4H3,(H2,22,25,26). The Morgan fingerprint density at radius 2 is 1.82 bits per heavy atom. The zero-order chi connectivity index (χ0) is 20.0. The third kappa shape index (κ3) is 5.45. The minimum Gasteiger partial charge on any atom is -0.443 e. The molecule has 0 amide bonds. The Kier molecular flexibility index (Phi) is 6.13. The summed E-state index contributed by atoms with van der Waals surface area (Å²) >= 11 is 0. The Hall–Kier alpha value is -3.09. The zero-order valence-electron chi connectivity index (χ0n) is 16.9. The lowest BCUT2D eigenvalue weighted by atomic mass is 9.94. The molecule has 7 nitrogen and oxygen atoms in total. The van der Waals surface area contributed by atoms with E-state index in [-0.39, 0.29) is 5.41 Å². The minimum atomic E-state index is -0.0464. The van der Waals surface area contributed by atoms with Crippen molar-refractivity contribution in [3.63, 3.8) is 0 Å². The monoisotopic (exact) mass is 380 g/mol. The molecule has 0 unspecified atom stereocenters. The van der Waals surface area contributed by atoms with E-state index in [0.717, 1.165) is 12.3 Å². The number of hydrogen-bond acceptors (Lipinski definition) is 4. The van der Waals surface area contributed by atoms with Gasteiger partial charge in [-0.1, -0.05) is 45.0 Å². The van der Waals surface area contributed by atoms with E-state index in [9.17, 15) is 0 Å². The highest BCUT2D eigenvalue weighted by molar-refractivity contribution is 5.79. The molecule has 0 radical (unpaired) electrons. The van der Waals surface area contributed by atoms with Gasteiger partial charge < -0.3 is 19.6 Å². The van der Waals surface area contributed by atoms with Crippen molar-refractivity contribution in [2.24, 2.45) is 4.99 Å². The smallest absolute Gasteiger partial charge is 0.213 e. The summed E-state index contributed by atoms with van der Waals surface area (Å²) in [6.45, 7) is 8.30. The normalized spacial score (nSPS) is 12.2. The molecule has 2 N–H and O–H groups in total. The third-order valence-corrected chi connectivity index (χ3v) is 4.33. The van der Waals surface area contributed by atoms with Crippen LogP contribution in [-0.4, -0.2) is 27.5 Å². The van der Waals surface area contributed by atoms with E-state index in [1.54, 1.807) is 19.4 Å². The van der Waals surface area contributed by atoms with Crippen LogP contribution < -0.4 is 10.6 Å². The second-order valence-electron chi connectivity index (χ2n) is 7.70. The summed E-state index contributed by atoms with van der Waals surface area (Å²) in [6.07, 6.45) is 7.37. The molecule has 0 saturated carbocycles. The number of guanidine groups is 1. The molecule has 1 aromatic carbocycles. The topological polar surface area (TPSA) is 80.3 Å². The molecule has 148 valence electrons. The number of imidazole rings is 1. The molecule has 2 aromatic heterocycles. The van der Waals surface area contributed by atoms with Gasteiger partial charge >= 0.3 is 0 Å². The summed E-state index contributed by atoms with van der Waals surface area (Å²) in [5.74, 6) is 2.23. The van der Waals surface area contributed by atoms with Gasteiger partial charge in [0, 0.05) is 37.9 Å². The number of aliphatic imine (C=N–C) groups is 1. The fraction of sp³-hybridized carbons (Fsp3) is 0.381. The van der Waals surface area contributed by atoms with Crippen LogP contribution in [0.15, 0.2) is 58.6 Å². The average molecular weight is 380 g/mol. The summed E-state index contributed by atoms with van der Waals surface area (Å²) in [5, 5.41) is 6.55. The van der Waals surface area contributed by atoms with Gasteiger partial charge in [0.05, 0.1) is 19.1 Å². The second kappa shape index (κ2) is 8.73. The van der Waals surface area contributed by atoms with Crippen molar-refractivity contribution in [1.82, 2.24) is 25.2 Å². The van der Waals surface area contributed by atoms with Crippen LogP contribution >= 0.6 is 0 Å². The predicted octanol–water partition coefficient (Wildman–Crippen LogP) is 3.08. The molecule has 0 spiro atoms. The highest BCUT2D eigenvalue weighted by atomic mass is 16.4. The fourth-order valence-electron chi connectivity index (χ4n) is 2.66. The predicted molar refractivity (Wildman–Crippen MR) is 110 cm³/mol. The van der Waals surface area contributed by atoms with Crippen LogP contribution in [0.2, 0.25) is 0 Å². The Morgan fingerprint density at radius 1 is 1.11 bits per heavy atom. The molecule has 2 heterocycles. The van der Waals surface area contributed by atoms with Gasteiger partial charge in [0.25, 0.3) is 0 Å². The lowest BCUT2D eigenvalue weighted by molar-refractivity contribution is 0.379. The molecule has 3 aromatic rings. The maximum Gasteiger partial charge on any atom is 0.213 e. The van der Waals surface area contributed by atoms with Crippen molar-refractivity contribution in [1.29, 1.82) is 0 Å². The van der Waals surface area contributed by atoms with E-state index < -0.39 is 0 Å². The lowest BCUT2D eigenvalue weighted by Crippen LogP contribution is -2.36. The maximum absolute atomic E-state index is 5.80. The minimum absolute atomic E-state index is 0.0464. The molecule has 3 rings (SSSR count). The van der Waals surface area contributed by atoms with E-state index in [2.05, 4.69) is 70.6 Å². The number of benzene rings is 1. The van der Waals surface area contributed by atoms with Crippen LogP contribution in [0.3, 0.4) is 0 Å². The highest BCUT2D eigenvalue weighted by Gasteiger charge is 2.19. The maximum atomic E-state index is 5.80. The van der Waals surface area contributed by atoms with E-state index in [1.165, 1.54) is 11.1 Å². The van der Waals surface area contributed by atoms with Crippen LogP contribution in [0.1, 0.15) is 43.5 Å². The Balaban J connectivity index is 1.48. The number of nitrogens with zero attached hydrogens (tertiary/aromatic N) is 4. The van der Waals surface area contributed by atoms with Crippen molar-refractivity contribution in [3.8, 4) is 0 Å². The van der Waals surface area contributed by atoms with Gasteiger partial charge in [0.15, 0.2) is 5.96 Å². The van der Waals surface area contributed by atoms with E-state index in [4.69, 9.17) is 4.42 Å². The van der Waals surface area contributed by atoms with Gasteiger partial charge in [-0.15, -0.1) is 0 Å². The Labute approximate surface area is 165 Å². The Bertz CT molecular complexity index is 888.